The molecule has 7 heteroatoms. The maximum Gasteiger partial charge on any atom is 0.239 e. The number of para-hydroxylation sites is 1. The Hall–Kier alpha value is -1.79. The Morgan fingerprint density at radius 3 is 2.95 bits per heavy atom. The Morgan fingerprint density at radius 2 is 2.20 bits per heavy atom. The van der Waals surface area contributed by atoms with Crippen molar-refractivity contribution >= 4 is 23.4 Å². The number of nitrogens with one attached hydrogen (secondary N) is 2. The highest BCUT2D eigenvalue weighted by Gasteiger charge is 2.24. The Labute approximate surface area is 121 Å². The molecule has 6 nitrogen and oxygen atoms in total. The van der Waals surface area contributed by atoms with Crippen LogP contribution in [0.4, 0.5) is 0 Å². The van der Waals surface area contributed by atoms with Gasteiger partial charge < -0.3 is 21.1 Å². The largest absolute Gasteiger partial charge is 0.492 e. The highest BCUT2D eigenvalue weighted by Crippen LogP contribution is 2.37. The van der Waals surface area contributed by atoms with Crippen molar-refractivity contribution in [3.63, 3.8) is 0 Å². The van der Waals surface area contributed by atoms with Gasteiger partial charge in [0.1, 0.15) is 5.75 Å². The van der Waals surface area contributed by atoms with Crippen LogP contribution in [0, 0.1) is 0 Å². The molecular weight excluding hydrogens is 282 g/mol. The van der Waals surface area contributed by atoms with E-state index in [-0.39, 0.29) is 30.9 Å². The Balaban J connectivity index is 2.00. The third kappa shape index (κ3) is 3.40. The number of carbonyl (C=O) groups is 2. The lowest BCUT2D eigenvalue weighted by atomic mass is 10.0. The number of benzene rings is 1. The van der Waals surface area contributed by atoms with Gasteiger partial charge in [0.2, 0.25) is 11.8 Å². The van der Waals surface area contributed by atoms with Gasteiger partial charge in [-0.3, -0.25) is 9.59 Å². The van der Waals surface area contributed by atoms with Crippen LogP contribution in [0.1, 0.15) is 18.0 Å². The lowest BCUT2D eigenvalue weighted by molar-refractivity contribution is -0.125. The number of carbonyl (C=O) groups excluding carboxylic acids is 2. The van der Waals surface area contributed by atoms with Crippen molar-refractivity contribution in [2.24, 2.45) is 5.73 Å². The first kappa shape index (κ1) is 14.6. The van der Waals surface area contributed by atoms with Crippen molar-refractivity contribution < 1.29 is 14.3 Å². The van der Waals surface area contributed by atoms with Crippen LogP contribution in [0.15, 0.2) is 18.2 Å². The molecule has 0 saturated carbocycles. The number of halogens is 1. The number of fused-ring (bicyclic) bond motifs is 1. The molecule has 0 radical (unpaired) electrons. The maximum atomic E-state index is 11.8. The molecule has 108 valence electrons. The second-order valence-electron chi connectivity index (χ2n) is 4.40. The topological polar surface area (TPSA) is 93.5 Å². The molecule has 1 aromatic rings. The smallest absolute Gasteiger partial charge is 0.239 e. The summed E-state index contributed by atoms with van der Waals surface area (Å²) in [4.78, 5) is 22.8. The van der Waals surface area contributed by atoms with Crippen LogP contribution in [-0.4, -0.2) is 31.5 Å². The van der Waals surface area contributed by atoms with Crippen molar-refractivity contribution in [3.05, 3.63) is 28.8 Å². The Morgan fingerprint density at radius 1 is 1.40 bits per heavy atom. The van der Waals surface area contributed by atoms with Crippen LogP contribution in [0.5, 0.6) is 5.75 Å². The van der Waals surface area contributed by atoms with E-state index >= 15 is 0 Å². The van der Waals surface area contributed by atoms with Crippen molar-refractivity contribution in [1.29, 1.82) is 0 Å². The first-order valence-corrected chi connectivity index (χ1v) is 6.67. The third-order valence-electron chi connectivity index (χ3n) is 2.99. The van der Waals surface area contributed by atoms with Gasteiger partial charge in [-0.2, -0.15) is 0 Å². The third-order valence-corrected chi connectivity index (χ3v) is 3.29. The van der Waals surface area contributed by atoms with E-state index in [2.05, 4.69) is 10.6 Å². The zero-order chi connectivity index (χ0) is 14.5. The SMILES string of the molecule is NCC(=O)NCC(=O)NC1CCOc2c(Cl)cccc21. The van der Waals surface area contributed by atoms with Gasteiger partial charge in [0, 0.05) is 12.0 Å². The summed E-state index contributed by atoms with van der Waals surface area (Å²) in [6, 6.07) is 5.25. The van der Waals surface area contributed by atoms with E-state index in [9.17, 15) is 9.59 Å². The van der Waals surface area contributed by atoms with Gasteiger partial charge in [0.15, 0.2) is 0 Å². The fourth-order valence-electron chi connectivity index (χ4n) is 2.03. The molecule has 2 amide bonds. The first-order chi connectivity index (χ1) is 9.61. The molecule has 4 N–H and O–H groups in total. The lowest BCUT2D eigenvalue weighted by Crippen LogP contribution is -2.41. The van der Waals surface area contributed by atoms with E-state index in [1.807, 2.05) is 12.1 Å². The highest BCUT2D eigenvalue weighted by molar-refractivity contribution is 6.32. The van der Waals surface area contributed by atoms with Crippen molar-refractivity contribution in [1.82, 2.24) is 10.6 Å². The molecular formula is C13H16ClN3O3. The van der Waals surface area contributed by atoms with Gasteiger partial charge in [-0.05, 0) is 6.07 Å². The molecule has 1 aliphatic rings. The Bertz CT molecular complexity index is 522. The number of hydrogen-bond acceptors (Lipinski definition) is 4. The molecule has 20 heavy (non-hydrogen) atoms. The normalized spacial score (nSPS) is 16.8. The summed E-state index contributed by atoms with van der Waals surface area (Å²) in [7, 11) is 0. The molecule has 0 saturated heterocycles. The van der Waals surface area contributed by atoms with E-state index in [0.29, 0.717) is 23.8 Å². The molecule has 0 aromatic heterocycles. The number of amides is 2. The van der Waals surface area contributed by atoms with E-state index < -0.39 is 0 Å². The van der Waals surface area contributed by atoms with Gasteiger partial charge in [-0.15, -0.1) is 0 Å². The molecule has 1 aliphatic heterocycles. The fourth-order valence-corrected chi connectivity index (χ4v) is 2.27. The minimum Gasteiger partial charge on any atom is -0.492 e. The van der Waals surface area contributed by atoms with E-state index in [1.165, 1.54) is 0 Å². The maximum absolute atomic E-state index is 11.8. The lowest BCUT2D eigenvalue weighted by Gasteiger charge is -2.27. The number of ether oxygens (including phenoxy) is 1. The predicted molar refractivity (Wildman–Crippen MR) is 74.5 cm³/mol. The van der Waals surface area contributed by atoms with Crippen LogP contribution in [0.2, 0.25) is 5.02 Å². The average Bonchev–Trinajstić information content (AvgIpc) is 2.46. The zero-order valence-corrected chi connectivity index (χ0v) is 11.6. The molecule has 1 atom stereocenters. The molecule has 0 spiro atoms. The molecule has 1 unspecified atom stereocenters. The highest BCUT2D eigenvalue weighted by atomic mass is 35.5. The van der Waals surface area contributed by atoms with Gasteiger partial charge in [0.05, 0.1) is 30.8 Å². The van der Waals surface area contributed by atoms with Gasteiger partial charge in [-0.25, -0.2) is 0 Å². The molecule has 0 bridgehead atoms. The van der Waals surface area contributed by atoms with Crippen LogP contribution in [-0.2, 0) is 9.59 Å². The predicted octanol–water partition coefficient (Wildman–Crippen LogP) is 0.355. The number of rotatable bonds is 4. The second kappa shape index (κ2) is 6.58. The van der Waals surface area contributed by atoms with Crippen LogP contribution in [0.3, 0.4) is 0 Å². The van der Waals surface area contributed by atoms with Gasteiger partial charge in [-0.1, -0.05) is 23.7 Å². The summed E-state index contributed by atoms with van der Waals surface area (Å²) >= 11 is 6.06. The molecule has 1 heterocycles. The fraction of sp³-hybridized carbons (Fsp3) is 0.385. The van der Waals surface area contributed by atoms with E-state index in [1.54, 1.807) is 6.07 Å². The van der Waals surface area contributed by atoms with Crippen LogP contribution >= 0.6 is 11.6 Å². The second-order valence-corrected chi connectivity index (χ2v) is 4.80. The van der Waals surface area contributed by atoms with Gasteiger partial charge in [0.25, 0.3) is 0 Å². The molecule has 1 aromatic carbocycles. The number of hydrogen-bond donors (Lipinski definition) is 3. The monoisotopic (exact) mass is 297 g/mol. The van der Waals surface area contributed by atoms with Crippen LogP contribution < -0.4 is 21.1 Å². The van der Waals surface area contributed by atoms with Gasteiger partial charge >= 0.3 is 0 Å². The standard InChI is InChI=1S/C13H16ClN3O3/c14-9-3-1-2-8-10(4-5-20-13(8)9)17-12(19)7-16-11(18)6-15/h1-3,10H,4-7,15H2,(H,16,18)(H,17,19). The molecule has 2 rings (SSSR count). The molecule has 0 fully saturated rings. The van der Waals surface area contributed by atoms with Crippen molar-refractivity contribution in [2.45, 2.75) is 12.5 Å². The van der Waals surface area contributed by atoms with Crippen LogP contribution in [0.25, 0.3) is 0 Å². The Kier molecular flexibility index (Phi) is 4.81. The average molecular weight is 298 g/mol. The minimum absolute atomic E-state index is 0.0940. The quantitative estimate of drug-likeness (QED) is 0.748. The van der Waals surface area contributed by atoms with E-state index in [0.717, 1.165) is 5.56 Å². The summed E-state index contributed by atoms with van der Waals surface area (Å²) in [6.45, 7) is 0.253. The first-order valence-electron chi connectivity index (χ1n) is 6.29. The number of nitrogens with two attached hydrogens (primary N) is 1. The summed E-state index contributed by atoms with van der Waals surface area (Å²) in [5.74, 6) is -0.0306. The summed E-state index contributed by atoms with van der Waals surface area (Å²) in [5.41, 5.74) is 6.00. The van der Waals surface area contributed by atoms with Crippen molar-refractivity contribution in [2.75, 3.05) is 19.7 Å². The van der Waals surface area contributed by atoms with Crippen molar-refractivity contribution in [3.8, 4) is 5.75 Å². The van der Waals surface area contributed by atoms with E-state index in [4.69, 9.17) is 22.1 Å². The minimum atomic E-state index is -0.365. The molecule has 0 aliphatic carbocycles. The summed E-state index contributed by atoms with van der Waals surface area (Å²) in [6.07, 6.45) is 0.657. The summed E-state index contributed by atoms with van der Waals surface area (Å²) < 4.78 is 5.51. The summed E-state index contributed by atoms with van der Waals surface area (Å²) in [5, 5.41) is 5.80. The zero-order valence-electron chi connectivity index (χ0n) is 10.8.